The first kappa shape index (κ1) is 19.6. The van der Waals surface area contributed by atoms with Crippen molar-refractivity contribution >= 4 is 11.8 Å². The molecular formula is C20H24N4O4. The number of amides is 2. The number of nitrogens with zero attached hydrogens (tertiary/aromatic N) is 3. The predicted molar refractivity (Wildman–Crippen MR) is 103 cm³/mol. The molecule has 148 valence electrons. The van der Waals surface area contributed by atoms with Gasteiger partial charge < -0.3 is 14.5 Å². The van der Waals surface area contributed by atoms with Crippen LogP contribution in [0.5, 0.6) is 5.75 Å². The van der Waals surface area contributed by atoms with Crippen molar-refractivity contribution in [2.45, 2.75) is 19.8 Å². The number of aromatic nitrogens is 2. The number of benzene rings is 1. The van der Waals surface area contributed by atoms with Crippen LogP contribution in [0, 0.1) is 6.92 Å². The molecule has 2 amide bonds. The third-order valence-electron chi connectivity index (χ3n) is 4.70. The third kappa shape index (κ3) is 4.97. The van der Waals surface area contributed by atoms with Crippen LogP contribution in [0.25, 0.3) is 0 Å². The number of carbonyl (C=O) groups is 2. The Bertz CT molecular complexity index is 867. The Kier molecular flexibility index (Phi) is 6.41. The van der Waals surface area contributed by atoms with E-state index in [9.17, 15) is 14.4 Å². The Morgan fingerprint density at radius 1 is 1.07 bits per heavy atom. The fourth-order valence-electron chi connectivity index (χ4n) is 3.07. The summed E-state index contributed by atoms with van der Waals surface area (Å²) < 4.78 is 5.72. The summed E-state index contributed by atoms with van der Waals surface area (Å²) in [4.78, 5) is 39.2. The van der Waals surface area contributed by atoms with E-state index in [-0.39, 0.29) is 23.1 Å². The van der Waals surface area contributed by atoms with Crippen molar-refractivity contribution in [2.75, 3.05) is 32.8 Å². The zero-order valence-electron chi connectivity index (χ0n) is 15.9. The van der Waals surface area contributed by atoms with Crippen molar-refractivity contribution in [3.05, 3.63) is 58.0 Å². The van der Waals surface area contributed by atoms with Crippen molar-refractivity contribution in [2.24, 2.45) is 0 Å². The van der Waals surface area contributed by atoms with Gasteiger partial charge in [0.15, 0.2) is 0 Å². The predicted octanol–water partition coefficient (Wildman–Crippen LogP) is 1.22. The minimum absolute atomic E-state index is 0.0719. The summed E-state index contributed by atoms with van der Waals surface area (Å²) in [7, 11) is 0. The molecule has 0 aliphatic carbocycles. The highest BCUT2D eigenvalue weighted by Gasteiger charge is 2.25. The summed E-state index contributed by atoms with van der Waals surface area (Å²) in [5.74, 6) is 0.676. The number of carbonyl (C=O) groups excluding carboxylic acids is 2. The van der Waals surface area contributed by atoms with Crippen LogP contribution in [0.15, 0.2) is 41.2 Å². The van der Waals surface area contributed by atoms with Crippen LogP contribution in [-0.4, -0.2) is 64.6 Å². The molecule has 28 heavy (non-hydrogen) atoms. The van der Waals surface area contributed by atoms with Gasteiger partial charge in [0.05, 0.1) is 6.61 Å². The summed E-state index contributed by atoms with van der Waals surface area (Å²) >= 11 is 0. The lowest BCUT2D eigenvalue weighted by Crippen LogP contribution is -2.50. The summed E-state index contributed by atoms with van der Waals surface area (Å²) in [6.07, 6.45) is 1.06. The number of aryl methyl sites for hydroxylation is 1. The Morgan fingerprint density at radius 2 is 1.79 bits per heavy atom. The van der Waals surface area contributed by atoms with Crippen LogP contribution >= 0.6 is 0 Å². The maximum absolute atomic E-state index is 12.4. The zero-order valence-corrected chi connectivity index (χ0v) is 15.9. The molecular weight excluding hydrogens is 360 g/mol. The maximum atomic E-state index is 12.4. The second-order valence-corrected chi connectivity index (χ2v) is 6.70. The first-order valence-corrected chi connectivity index (χ1v) is 9.36. The summed E-state index contributed by atoms with van der Waals surface area (Å²) in [5, 5.41) is 6.03. The molecule has 2 aromatic rings. The molecule has 8 heteroatoms. The number of aromatic amines is 1. The lowest BCUT2D eigenvalue weighted by atomic mass is 10.2. The van der Waals surface area contributed by atoms with Crippen LogP contribution in [-0.2, 0) is 4.79 Å². The van der Waals surface area contributed by atoms with E-state index in [0.29, 0.717) is 45.6 Å². The van der Waals surface area contributed by atoms with Crippen LogP contribution in [0.4, 0.5) is 0 Å². The third-order valence-corrected chi connectivity index (χ3v) is 4.70. The highest BCUT2D eigenvalue weighted by molar-refractivity contribution is 5.92. The molecule has 0 spiro atoms. The Labute approximate surface area is 163 Å². The Morgan fingerprint density at radius 3 is 2.46 bits per heavy atom. The standard InChI is InChI=1S/C20H24N4O4/c1-15-5-2-3-6-17(15)28-14-4-7-19(26)23-10-12-24(13-11-23)20(27)16-8-9-18(25)22-21-16/h2-3,5-6,8-9H,4,7,10-14H2,1H3,(H,22,25). The first-order chi connectivity index (χ1) is 13.5. The fraction of sp³-hybridized carbons (Fsp3) is 0.400. The molecule has 1 aliphatic rings. The largest absolute Gasteiger partial charge is 0.493 e. The lowest BCUT2D eigenvalue weighted by molar-refractivity contribution is -0.132. The smallest absolute Gasteiger partial charge is 0.274 e. The van der Waals surface area contributed by atoms with E-state index in [0.717, 1.165) is 11.3 Å². The van der Waals surface area contributed by atoms with Crippen molar-refractivity contribution in [3.8, 4) is 5.75 Å². The van der Waals surface area contributed by atoms with Crippen molar-refractivity contribution in [1.82, 2.24) is 20.0 Å². The van der Waals surface area contributed by atoms with Crippen molar-refractivity contribution in [1.29, 1.82) is 0 Å². The van der Waals surface area contributed by atoms with Gasteiger partial charge in [-0.2, -0.15) is 5.10 Å². The molecule has 0 atom stereocenters. The maximum Gasteiger partial charge on any atom is 0.274 e. The quantitative estimate of drug-likeness (QED) is 0.756. The van der Waals surface area contributed by atoms with Gasteiger partial charge in [-0.25, -0.2) is 5.10 Å². The molecule has 0 bridgehead atoms. The average molecular weight is 384 g/mol. The highest BCUT2D eigenvalue weighted by Crippen LogP contribution is 2.16. The van der Waals surface area contributed by atoms with E-state index >= 15 is 0 Å². The van der Waals surface area contributed by atoms with E-state index in [1.165, 1.54) is 12.1 Å². The van der Waals surface area contributed by atoms with E-state index in [1.807, 2.05) is 31.2 Å². The molecule has 1 N–H and O–H groups in total. The second-order valence-electron chi connectivity index (χ2n) is 6.70. The molecule has 0 radical (unpaired) electrons. The number of para-hydroxylation sites is 1. The van der Waals surface area contributed by atoms with Gasteiger partial charge in [0, 0.05) is 38.7 Å². The number of ether oxygens (including phenoxy) is 1. The van der Waals surface area contributed by atoms with E-state index in [4.69, 9.17) is 4.74 Å². The summed E-state index contributed by atoms with van der Waals surface area (Å²) in [5.41, 5.74) is 0.928. The van der Waals surface area contributed by atoms with Gasteiger partial charge in [0.1, 0.15) is 11.4 Å². The van der Waals surface area contributed by atoms with Crippen molar-refractivity contribution < 1.29 is 14.3 Å². The number of H-pyrrole nitrogens is 1. The van der Waals surface area contributed by atoms with Crippen LogP contribution in [0.3, 0.4) is 0 Å². The molecule has 0 saturated carbocycles. The molecule has 1 aliphatic heterocycles. The Balaban J connectivity index is 1.40. The Hall–Kier alpha value is -3.16. The van der Waals surface area contributed by atoms with E-state index < -0.39 is 0 Å². The number of hydrogen-bond donors (Lipinski definition) is 1. The summed E-state index contributed by atoms with van der Waals surface area (Å²) in [6, 6.07) is 10.5. The second kappa shape index (κ2) is 9.16. The summed E-state index contributed by atoms with van der Waals surface area (Å²) in [6.45, 7) is 4.37. The van der Waals surface area contributed by atoms with Gasteiger partial charge >= 0.3 is 0 Å². The molecule has 2 heterocycles. The highest BCUT2D eigenvalue weighted by atomic mass is 16.5. The monoisotopic (exact) mass is 384 g/mol. The molecule has 1 aromatic carbocycles. The topological polar surface area (TPSA) is 95.6 Å². The molecule has 1 fully saturated rings. The number of piperazine rings is 1. The first-order valence-electron chi connectivity index (χ1n) is 9.36. The van der Waals surface area contributed by atoms with Gasteiger partial charge in [-0.1, -0.05) is 18.2 Å². The minimum atomic E-state index is -0.349. The average Bonchev–Trinajstić information content (AvgIpc) is 2.72. The lowest BCUT2D eigenvalue weighted by Gasteiger charge is -2.34. The molecule has 1 aromatic heterocycles. The normalized spacial score (nSPS) is 14.0. The number of hydrogen-bond acceptors (Lipinski definition) is 5. The van der Waals surface area contributed by atoms with E-state index in [2.05, 4.69) is 10.2 Å². The fourth-order valence-corrected chi connectivity index (χ4v) is 3.07. The van der Waals surface area contributed by atoms with Gasteiger partial charge in [-0.15, -0.1) is 0 Å². The number of nitrogens with one attached hydrogen (secondary N) is 1. The molecule has 0 unspecified atom stereocenters. The van der Waals surface area contributed by atoms with Crippen LogP contribution in [0.2, 0.25) is 0 Å². The number of rotatable bonds is 6. The van der Waals surface area contributed by atoms with Gasteiger partial charge in [0.2, 0.25) is 5.91 Å². The van der Waals surface area contributed by atoms with Gasteiger partial charge in [-0.3, -0.25) is 14.4 Å². The molecule has 8 nitrogen and oxygen atoms in total. The zero-order chi connectivity index (χ0) is 19.9. The van der Waals surface area contributed by atoms with Gasteiger partial charge in [0.25, 0.3) is 11.5 Å². The van der Waals surface area contributed by atoms with Crippen molar-refractivity contribution in [3.63, 3.8) is 0 Å². The van der Waals surface area contributed by atoms with Crippen LogP contribution < -0.4 is 10.3 Å². The molecule has 1 saturated heterocycles. The van der Waals surface area contributed by atoms with Gasteiger partial charge in [-0.05, 0) is 31.0 Å². The minimum Gasteiger partial charge on any atom is -0.493 e. The molecule has 3 rings (SSSR count). The van der Waals surface area contributed by atoms with Crippen LogP contribution in [0.1, 0.15) is 28.9 Å². The SMILES string of the molecule is Cc1ccccc1OCCCC(=O)N1CCN(C(=O)c2ccc(=O)[nH]n2)CC1. The van der Waals surface area contributed by atoms with E-state index in [1.54, 1.807) is 9.80 Å².